The summed E-state index contributed by atoms with van der Waals surface area (Å²) in [4.78, 5) is 83.6. The number of aromatic nitrogens is 2. The summed E-state index contributed by atoms with van der Waals surface area (Å²) in [6.07, 6.45) is 3.30. The molecular weight excluding hydrogens is 650 g/mol. The number of piperidine rings is 1. The Morgan fingerprint density at radius 1 is 0.900 bits per heavy atom. The Balaban J connectivity index is 1.28. The number of para-hydroxylation sites is 1. The number of likely N-dealkylation sites (tertiary alicyclic amines) is 2. The third kappa shape index (κ3) is 8.90. The summed E-state index contributed by atoms with van der Waals surface area (Å²) in [6, 6.07) is 8.49. The Hall–Kier alpha value is -5.15. The van der Waals surface area contributed by atoms with E-state index in [2.05, 4.69) is 10.4 Å². The highest BCUT2D eigenvalue weighted by atomic mass is 16.6. The number of amides is 5. The third-order valence-corrected chi connectivity index (χ3v) is 9.15. The molecule has 5 rings (SSSR count). The number of rotatable bonds is 12. The van der Waals surface area contributed by atoms with Crippen LogP contribution in [0.5, 0.6) is 5.88 Å². The van der Waals surface area contributed by atoms with Crippen molar-refractivity contribution in [3.63, 3.8) is 0 Å². The standard InChI is InChI=1S/C34H45N7O9/c1-2-49-34(48)39-20-18-38(19-21-39)32(46)25(13-14-30(43)44)35-31(45)26-22-29(41(36-26)24-10-5-3-6-11-24)50-23-28(42)40-17-9-12-27(40)33(47)37-15-7-4-8-16-37/h3,5-6,10-11,22,25,27H,2,4,7-9,12-21,23H2,1H3,(H,35,45)(H,43,44)/t25-,27-/m0/s1. The van der Waals surface area contributed by atoms with Crippen molar-refractivity contribution in [3.8, 4) is 11.6 Å². The number of benzene rings is 1. The minimum atomic E-state index is -1.18. The fraction of sp³-hybridized carbons (Fsp3) is 0.559. The second kappa shape index (κ2) is 17.0. The second-order valence-corrected chi connectivity index (χ2v) is 12.5. The van der Waals surface area contributed by atoms with Crippen LogP contribution in [0, 0.1) is 0 Å². The van der Waals surface area contributed by atoms with Gasteiger partial charge in [-0.25, -0.2) is 9.48 Å². The van der Waals surface area contributed by atoms with Gasteiger partial charge < -0.3 is 39.5 Å². The fourth-order valence-corrected chi connectivity index (χ4v) is 6.50. The highest BCUT2D eigenvalue weighted by molar-refractivity contribution is 5.96. The molecule has 5 amide bonds. The number of carboxylic acids is 1. The highest BCUT2D eigenvalue weighted by Crippen LogP contribution is 2.24. The minimum Gasteiger partial charge on any atom is -0.481 e. The lowest BCUT2D eigenvalue weighted by molar-refractivity contribution is -0.145. The van der Waals surface area contributed by atoms with Gasteiger partial charge in [-0.3, -0.25) is 24.0 Å². The molecule has 0 saturated carbocycles. The van der Waals surface area contributed by atoms with Gasteiger partial charge >= 0.3 is 12.1 Å². The Labute approximate surface area is 290 Å². The topological polar surface area (TPSA) is 184 Å². The number of hydrogen-bond acceptors (Lipinski definition) is 9. The van der Waals surface area contributed by atoms with Gasteiger partial charge in [-0.15, -0.1) is 0 Å². The first-order valence-corrected chi connectivity index (χ1v) is 17.3. The molecule has 0 bridgehead atoms. The van der Waals surface area contributed by atoms with E-state index in [9.17, 15) is 33.9 Å². The van der Waals surface area contributed by atoms with Crippen LogP contribution in [0.1, 0.15) is 62.4 Å². The van der Waals surface area contributed by atoms with Gasteiger partial charge in [0.05, 0.1) is 12.3 Å². The van der Waals surface area contributed by atoms with E-state index in [4.69, 9.17) is 9.47 Å². The Bertz CT molecular complexity index is 1530. The van der Waals surface area contributed by atoms with Crippen LogP contribution in [0.15, 0.2) is 36.4 Å². The maximum atomic E-state index is 13.6. The summed E-state index contributed by atoms with van der Waals surface area (Å²) in [5.74, 6) is -2.64. The van der Waals surface area contributed by atoms with Gasteiger partial charge in [0.1, 0.15) is 12.1 Å². The molecule has 2 aromatic rings. The van der Waals surface area contributed by atoms with Crippen molar-refractivity contribution >= 4 is 35.7 Å². The number of carbonyl (C=O) groups is 6. The number of piperazine rings is 1. The zero-order chi connectivity index (χ0) is 35.6. The molecule has 3 saturated heterocycles. The van der Waals surface area contributed by atoms with E-state index in [1.165, 1.54) is 20.5 Å². The van der Waals surface area contributed by atoms with Gasteiger partial charge in [0, 0.05) is 58.3 Å². The smallest absolute Gasteiger partial charge is 0.409 e. The molecule has 0 aliphatic carbocycles. The van der Waals surface area contributed by atoms with Crippen LogP contribution < -0.4 is 10.1 Å². The largest absolute Gasteiger partial charge is 0.481 e. The van der Waals surface area contributed by atoms with Crippen molar-refractivity contribution in [1.29, 1.82) is 0 Å². The van der Waals surface area contributed by atoms with Crippen molar-refractivity contribution in [2.24, 2.45) is 0 Å². The molecule has 3 aliphatic rings. The van der Waals surface area contributed by atoms with Crippen LogP contribution in [0.2, 0.25) is 0 Å². The lowest BCUT2D eigenvalue weighted by atomic mass is 10.1. The molecule has 1 aromatic carbocycles. The van der Waals surface area contributed by atoms with Crippen molar-refractivity contribution in [2.75, 3.05) is 59.0 Å². The molecule has 0 unspecified atom stereocenters. The molecule has 4 heterocycles. The van der Waals surface area contributed by atoms with Gasteiger partial charge in [-0.05, 0) is 57.6 Å². The Morgan fingerprint density at radius 2 is 1.60 bits per heavy atom. The van der Waals surface area contributed by atoms with Crippen LogP contribution in [-0.2, 0) is 23.9 Å². The molecular formula is C34H45N7O9. The Kier molecular flexibility index (Phi) is 12.3. The first-order valence-electron chi connectivity index (χ1n) is 17.3. The summed E-state index contributed by atoms with van der Waals surface area (Å²) in [5.41, 5.74) is 0.433. The average Bonchev–Trinajstić information content (AvgIpc) is 3.81. The third-order valence-electron chi connectivity index (χ3n) is 9.15. The maximum Gasteiger partial charge on any atom is 0.409 e. The van der Waals surface area contributed by atoms with E-state index in [0.717, 1.165) is 19.3 Å². The molecule has 3 fully saturated rings. The molecule has 16 nitrogen and oxygen atoms in total. The van der Waals surface area contributed by atoms with E-state index in [0.29, 0.717) is 38.2 Å². The van der Waals surface area contributed by atoms with Crippen molar-refractivity contribution < 1.29 is 43.3 Å². The normalized spacial score (nSPS) is 18.4. The molecule has 0 spiro atoms. The molecule has 270 valence electrons. The molecule has 0 radical (unpaired) electrons. The fourth-order valence-electron chi connectivity index (χ4n) is 6.50. The van der Waals surface area contributed by atoms with Crippen molar-refractivity contribution in [2.45, 2.75) is 64.0 Å². The van der Waals surface area contributed by atoms with E-state index in [1.807, 2.05) is 11.0 Å². The number of aliphatic carboxylic acids is 1. The molecule has 2 N–H and O–H groups in total. The summed E-state index contributed by atoms with van der Waals surface area (Å²) in [6.45, 7) is 4.22. The van der Waals surface area contributed by atoms with Crippen molar-refractivity contribution in [3.05, 3.63) is 42.1 Å². The number of nitrogens with zero attached hydrogens (tertiary/aromatic N) is 6. The molecule has 2 atom stereocenters. The first kappa shape index (κ1) is 36.1. The lowest BCUT2D eigenvalue weighted by Crippen LogP contribution is -2.56. The number of hydrogen-bond donors (Lipinski definition) is 2. The van der Waals surface area contributed by atoms with E-state index in [1.54, 1.807) is 36.1 Å². The highest BCUT2D eigenvalue weighted by Gasteiger charge is 2.37. The second-order valence-electron chi connectivity index (χ2n) is 12.5. The summed E-state index contributed by atoms with van der Waals surface area (Å²) in [5, 5.41) is 16.4. The SMILES string of the molecule is CCOC(=O)N1CCN(C(=O)[C@H](CCC(=O)O)NC(=O)c2cc(OCC(=O)N3CCC[C@H]3C(=O)N3CCCCC3)n(-c3ccccc3)n2)CC1. The van der Waals surface area contributed by atoms with Crippen LogP contribution in [-0.4, -0.2) is 141 Å². The molecule has 16 heteroatoms. The quantitative estimate of drug-likeness (QED) is 0.330. The van der Waals surface area contributed by atoms with Gasteiger partial charge in [0.15, 0.2) is 12.3 Å². The predicted octanol–water partition coefficient (Wildman–Crippen LogP) is 1.52. The maximum absolute atomic E-state index is 13.6. The van der Waals surface area contributed by atoms with E-state index in [-0.39, 0.29) is 75.6 Å². The zero-order valence-electron chi connectivity index (χ0n) is 28.3. The number of carbonyl (C=O) groups excluding carboxylic acids is 5. The summed E-state index contributed by atoms with van der Waals surface area (Å²) >= 11 is 0. The molecule has 3 aliphatic heterocycles. The molecule has 1 aromatic heterocycles. The van der Waals surface area contributed by atoms with Crippen molar-refractivity contribution in [1.82, 2.24) is 34.7 Å². The first-order chi connectivity index (χ1) is 24.2. The number of ether oxygens (including phenoxy) is 2. The van der Waals surface area contributed by atoms with Gasteiger partial charge in [-0.1, -0.05) is 18.2 Å². The van der Waals surface area contributed by atoms with Crippen LogP contribution in [0.4, 0.5) is 4.79 Å². The zero-order valence-corrected chi connectivity index (χ0v) is 28.3. The lowest BCUT2D eigenvalue weighted by Gasteiger charge is -2.35. The van der Waals surface area contributed by atoms with Crippen LogP contribution in [0.3, 0.4) is 0 Å². The summed E-state index contributed by atoms with van der Waals surface area (Å²) < 4.78 is 12.4. The van der Waals surface area contributed by atoms with Gasteiger partial charge in [0.25, 0.3) is 11.8 Å². The minimum absolute atomic E-state index is 0.0308. The monoisotopic (exact) mass is 695 g/mol. The van der Waals surface area contributed by atoms with Crippen LogP contribution >= 0.6 is 0 Å². The number of nitrogens with one attached hydrogen (secondary N) is 1. The van der Waals surface area contributed by atoms with E-state index >= 15 is 0 Å². The summed E-state index contributed by atoms with van der Waals surface area (Å²) in [7, 11) is 0. The van der Waals surface area contributed by atoms with Crippen LogP contribution in [0.25, 0.3) is 5.69 Å². The van der Waals surface area contributed by atoms with Gasteiger partial charge in [0.2, 0.25) is 17.7 Å². The predicted molar refractivity (Wildman–Crippen MR) is 178 cm³/mol. The van der Waals surface area contributed by atoms with E-state index < -0.39 is 36.0 Å². The molecule has 50 heavy (non-hydrogen) atoms. The average molecular weight is 696 g/mol. The Morgan fingerprint density at radius 3 is 2.28 bits per heavy atom. The van der Waals surface area contributed by atoms with Gasteiger partial charge in [-0.2, -0.15) is 5.10 Å². The number of carboxylic acid groups (broad SMARTS) is 1.